The predicted molar refractivity (Wildman–Crippen MR) is 126 cm³/mol. The van der Waals surface area contributed by atoms with Crippen molar-refractivity contribution in [2.24, 2.45) is 0 Å². The molecule has 0 saturated carbocycles. The van der Waals surface area contributed by atoms with Crippen molar-refractivity contribution in [3.63, 3.8) is 0 Å². The Kier molecular flexibility index (Phi) is 6.82. The number of nitrogens with one attached hydrogen (secondary N) is 1. The fraction of sp³-hybridized carbons (Fsp3) is 0.346. The molecule has 168 valence electrons. The van der Waals surface area contributed by atoms with E-state index in [4.69, 9.17) is 4.74 Å². The lowest BCUT2D eigenvalue weighted by Gasteiger charge is -2.23. The molecule has 1 aromatic heterocycles. The first-order valence-corrected chi connectivity index (χ1v) is 10.7. The minimum absolute atomic E-state index is 0.0746. The van der Waals surface area contributed by atoms with E-state index in [0.29, 0.717) is 18.4 Å². The number of methoxy groups -OCH3 is 1. The maximum atomic E-state index is 12.9. The molecule has 6 nitrogen and oxygen atoms in total. The van der Waals surface area contributed by atoms with E-state index in [1.54, 1.807) is 12.1 Å². The summed E-state index contributed by atoms with van der Waals surface area (Å²) in [6.07, 6.45) is 0.900. The number of carbonyl (C=O) groups excluding carboxylic acids is 2. The third-order valence-corrected chi connectivity index (χ3v) is 5.61. The van der Waals surface area contributed by atoms with Gasteiger partial charge in [0.05, 0.1) is 18.5 Å². The fourth-order valence-electron chi connectivity index (χ4n) is 3.81. The molecular formula is C26H31N3O3. The SMILES string of the molecule is COC(=O)CCc1c(C)nn(-c2ccc(C(=O)Nc3ccccc3C(C)(C)C)cc2)c1C. The van der Waals surface area contributed by atoms with Crippen molar-refractivity contribution in [2.75, 3.05) is 12.4 Å². The van der Waals surface area contributed by atoms with Crippen LogP contribution < -0.4 is 5.32 Å². The molecule has 0 aliphatic heterocycles. The second-order valence-electron chi connectivity index (χ2n) is 8.93. The van der Waals surface area contributed by atoms with Gasteiger partial charge in [-0.1, -0.05) is 39.0 Å². The van der Waals surface area contributed by atoms with Crippen LogP contribution >= 0.6 is 0 Å². The Labute approximate surface area is 189 Å². The van der Waals surface area contributed by atoms with Crippen LogP contribution in [0.5, 0.6) is 0 Å². The summed E-state index contributed by atoms with van der Waals surface area (Å²) in [6.45, 7) is 10.3. The lowest BCUT2D eigenvalue weighted by atomic mass is 9.86. The van der Waals surface area contributed by atoms with E-state index < -0.39 is 0 Å². The molecule has 0 aliphatic carbocycles. The second-order valence-corrected chi connectivity index (χ2v) is 8.93. The van der Waals surface area contributed by atoms with Crippen molar-refractivity contribution in [3.8, 4) is 5.69 Å². The zero-order valence-electron chi connectivity index (χ0n) is 19.7. The quantitative estimate of drug-likeness (QED) is 0.546. The predicted octanol–water partition coefficient (Wildman–Crippen LogP) is 5.14. The first-order chi connectivity index (χ1) is 15.1. The van der Waals surface area contributed by atoms with Gasteiger partial charge in [0, 0.05) is 23.4 Å². The number of esters is 1. The molecule has 3 rings (SSSR count). The maximum absolute atomic E-state index is 12.9. The largest absolute Gasteiger partial charge is 0.469 e. The Morgan fingerprint density at radius 3 is 2.31 bits per heavy atom. The number of ether oxygens (including phenoxy) is 1. The van der Waals surface area contributed by atoms with Gasteiger partial charge in [-0.25, -0.2) is 4.68 Å². The van der Waals surface area contributed by atoms with Crippen molar-refractivity contribution in [1.82, 2.24) is 9.78 Å². The van der Waals surface area contributed by atoms with E-state index in [0.717, 1.165) is 33.9 Å². The summed E-state index contributed by atoms with van der Waals surface area (Å²) in [7, 11) is 1.39. The summed E-state index contributed by atoms with van der Waals surface area (Å²) in [4.78, 5) is 24.4. The Morgan fingerprint density at radius 2 is 1.69 bits per heavy atom. The average molecular weight is 434 g/mol. The summed E-state index contributed by atoms with van der Waals surface area (Å²) < 4.78 is 6.59. The molecule has 0 bridgehead atoms. The van der Waals surface area contributed by atoms with Crippen LogP contribution in [0.15, 0.2) is 48.5 Å². The highest BCUT2D eigenvalue weighted by Gasteiger charge is 2.19. The van der Waals surface area contributed by atoms with Crippen molar-refractivity contribution in [1.29, 1.82) is 0 Å². The molecule has 0 fully saturated rings. The molecule has 1 amide bonds. The molecule has 32 heavy (non-hydrogen) atoms. The van der Waals surface area contributed by atoms with Gasteiger partial charge in [-0.15, -0.1) is 0 Å². The van der Waals surface area contributed by atoms with Crippen LogP contribution in [0.3, 0.4) is 0 Å². The summed E-state index contributed by atoms with van der Waals surface area (Å²) >= 11 is 0. The van der Waals surface area contributed by atoms with Gasteiger partial charge in [0.25, 0.3) is 5.91 Å². The van der Waals surface area contributed by atoms with Crippen LogP contribution in [0.4, 0.5) is 5.69 Å². The van der Waals surface area contributed by atoms with Gasteiger partial charge in [0.15, 0.2) is 0 Å². The van der Waals surface area contributed by atoms with Gasteiger partial charge in [-0.3, -0.25) is 9.59 Å². The summed E-state index contributed by atoms with van der Waals surface area (Å²) in [5, 5.41) is 7.67. The molecule has 3 aromatic rings. The van der Waals surface area contributed by atoms with E-state index in [-0.39, 0.29) is 17.3 Å². The second kappa shape index (κ2) is 9.39. The van der Waals surface area contributed by atoms with Crippen LogP contribution in [0.1, 0.15) is 60.1 Å². The third kappa shape index (κ3) is 5.07. The number of aromatic nitrogens is 2. The molecule has 0 atom stereocenters. The molecule has 0 saturated heterocycles. The standard InChI is InChI=1S/C26H31N3O3/c1-17-21(15-16-24(30)32-6)18(2)29(28-17)20-13-11-19(12-14-20)25(31)27-23-10-8-7-9-22(23)26(3,4)5/h7-14H,15-16H2,1-6H3,(H,27,31). The first kappa shape index (κ1) is 23.3. The van der Waals surface area contributed by atoms with Crippen LogP contribution in [0, 0.1) is 13.8 Å². The Balaban J connectivity index is 1.79. The molecule has 6 heteroatoms. The highest BCUT2D eigenvalue weighted by atomic mass is 16.5. The highest BCUT2D eigenvalue weighted by molar-refractivity contribution is 6.04. The minimum Gasteiger partial charge on any atom is -0.469 e. The molecule has 0 spiro atoms. The van der Waals surface area contributed by atoms with E-state index in [1.807, 2.05) is 54.9 Å². The Hall–Kier alpha value is -3.41. The number of hydrogen-bond acceptors (Lipinski definition) is 4. The summed E-state index contributed by atoms with van der Waals surface area (Å²) in [6, 6.07) is 15.2. The molecule has 2 aromatic carbocycles. The number of nitrogens with zero attached hydrogens (tertiary/aromatic N) is 2. The summed E-state index contributed by atoms with van der Waals surface area (Å²) in [5.41, 5.74) is 6.17. The topological polar surface area (TPSA) is 73.2 Å². The van der Waals surface area contributed by atoms with E-state index in [9.17, 15) is 9.59 Å². The zero-order valence-corrected chi connectivity index (χ0v) is 19.7. The molecule has 0 radical (unpaired) electrons. The van der Waals surface area contributed by atoms with E-state index in [2.05, 4.69) is 31.2 Å². The first-order valence-electron chi connectivity index (χ1n) is 10.7. The molecular weight excluding hydrogens is 402 g/mol. The van der Waals surface area contributed by atoms with Crippen LogP contribution in [0.25, 0.3) is 5.69 Å². The van der Waals surface area contributed by atoms with Crippen LogP contribution in [-0.2, 0) is 21.4 Å². The van der Waals surface area contributed by atoms with Gasteiger partial charge in [-0.05, 0) is 67.1 Å². The number of amides is 1. The normalized spacial score (nSPS) is 11.3. The average Bonchev–Trinajstić information content (AvgIpc) is 3.05. The number of carbonyl (C=O) groups is 2. The number of aryl methyl sites for hydroxylation is 1. The summed E-state index contributed by atoms with van der Waals surface area (Å²) in [5.74, 6) is -0.389. The molecule has 0 aliphatic rings. The highest BCUT2D eigenvalue weighted by Crippen LogP contribution is 2.29. The number of rotatable bonds is 6. The lowest BCUT2D eigenvalue weighted by molar-refractivity contribution is -0.140. The molecule has 0 unspecified atom stereocenters. The number of para-hydroxylation sites is 1. The van der Waals surface area contributed by atoms with E-state index in [1.165, 1.54) is 7.11 Å². The van der Waals surface area contributed by atoms with Crippen molar-refractivity contribution < 1.29 is 14.3 Å². The Morgan fingerprint density at radius 1 is 1.03 bits per heavy atom. The zero-order chi connectivity index (χ0) is 23.5. The van der Waals surface area contributed by atoms with Gasteiger partial charge in [-0.2, -0.15) is 5.10 Å². The van der Waals surface area contributed by atoms with Gasteiger partial charge < -0.3 is 10.1 Å². The van der Waals surface area contributed by atoms with Gasteiger partial charge >= 0.3 is 5.97 Å². The lowest BCUT2D eigenvalue weighted by Crippen LogP contribution is -2.18. The fourth-order valence-corrected chi connectivity index (χ4v) is 3.81. The smallest absolute Gasteiger partial charge is 0.305 e. The van der Waals surface area contributed by atoms with Crippen LogP contribution in [-0.4, -0.2) is 28.8 Å². The van der Waals surface area contributed by atoms with Crippen molar-refractivity contribution in [2.45, 2.75) is 52.9 Å². The van der Waals surface area contributed by atoms with Crippen molar-refractivity contribution >= 4 is 17.6 Å². The number of anilines is 1. The Bertz CT molecular complexity index is 1120. The van der Waals surface area contributed by atoms with Crippen LogP contribution in [0.2, 0.25) is 0 Å². The molecule has 1 N–H and O–H groups in total. The van der Waals surface area contributed by atoms with Gasteiger partial charge in [0.2, 0.25) is 0 Å². The third-order valence-electron chi connectivity index (χ3n) is 5.61. The number of benzene rings is 2. The monoisotopic (exact) mass is 433 g/mol. The van der Waals surface area contributed by atoms with E-state index >= 15 is 0 Å². The molecule has 1 heterocycles. The maximum Gasteiger partial charge on any atom is 0.305 e. The minimum atomic E-state index is -0.236. The number of hydrogen-bond donors (Lipinski definition) is 1. The van der Waals surface area contributed by atoms with Gasteiger partial charge in [0.1, 0.15) is 0 Å². The van der Waals surface area contributed by atoms with Crippen molar-refractivity contribution in [3.05, 3.63) is 76.6 Å².